The van der Waals surface area contributed by atoms with E-state index in [0.717, 1.165) is 35.2 Å². The molecule has 64 heavy (non-hydrogen) atoms. The van der Waals surface area contributed by atoms with Gasteiger partial charge >= 0.3 is 37.9 Å². The van der Waals surface area contributed by atoms with E-state index in [1.54, 1.807) is 0 Å². The van der Waals surface area contributed by atoms with Gasteiger partial charge in [-0.1, -0.05) is 208 Å². The summed E-state index contributed by atoms with van der Waals surface area (Å²) in [5.41, 5.74) is 17.9. The fourth-order valence-corrected chi connectivity index (χ4v) is 8.56. The zero-order valence-corrected chi connectivity index (χ0v) is 48.5. The van der Waals surface area contributed by atoms with Crippen molar-refractivity contribution in [2.24, 2.45) is 0 Å². The van der Waals surface area contributed by atoms with Crippen LogP contribution in [-0.2, 0) is 68.2 Å². The van der Waals surface area contributed by atoms with Gasteiger partial charge in [0.25, 0.3) is 0 Å². The van der Waals surface area contributed by atoms with Crippen molar-refractivity contribution in [3.63, 3.8) is 0 Å². The van der Waals surface area contributed by atoms with Crippen molar-refractivity contribution in [3.8, 4) is 22.3 Å². The Kier molecular flexibility index (Phi) is 21.7. The van der Waals surface area contributed by atoms with Crippen LogP contribution in [0.15, 0.2) is 84.9 Å². The zero-order chi connectivity index (χ0) is 48.2. The Balaban J connectivity index is 0.000000303. The van der Waals surface area contributed by atoms with Crippen LogP contribution in [0.5, 0.6) is 0 Å². The molecule has 0 amide bonds. The molecule has 0 aromatic heterocycles. The van der Waals surface area contributed by atoms with Crippen LogP contribution in [-0.4, -0.2) is 9.52 Å². The monoisotopic (exact) mass is 992 g/mol. The van der Waals surface area contributed by atoms with E-state index in [1.807, 2.05) is 0 Å². The van der Waals surface area contributed by atoms with Crippen LogP contribution in [0.25, 0.3) is 43.8 Å². The van der Waals surface area contributed by atoms with Gasteiger partial charge in [0.1, 0.15) is 0 Å². The number of rotatable bonds is 10. The van der Waals surface area contributed by atoms with Crippen LogP contribution in [0.4, 0.5) is 0 Å². The van der Waals surface area contributed by atoms with Gasteiger partial charge < -0.3 is 0 Å². The fourth-order valence-electron chi connectivity index (χ4n) is 8.56. The molecular weight excluding hydrogens is 911 g/mol. The third-order valence-electron chi connectivity index (χ3n) is 12.1. The first-order valence-corrected chi connectivity index (χ1v) is 32.5. The van der Waals surface area contributed by atoms with Crippen LogP contribution in [0.3, 0.4) is 0 Å². The van der Waals surface area contributed by atoms with Crippen LogP contribution in [0.1, 0.15) is 181 Å². The summed E-state index contributed by atoms with van der Waals surface area (Å²) in [5.74, 6) is 0. The van der Waals surface area contributed by atoms with Crippen molar-refractivity contribution >= 4 is 48.1 Å². The third-order valence-corrected chi connectivity index (χ3v) is 12.1. The Hall–Kier alpha value is -2.22. The van der Waals surface area contributed by atoms with Gasteiger partial charge in [-0.15, -0.1) is 69.1 Å². The maximum absolute atomic E-state index is 4.93. The number of halogens is 2. The second-order valence-corrected chi connectivity index (χ2v) is 26.8. The van der Waals surface area contributed by atoms with Gasteiger partial charge in [0.2, 0.25) is 0 Å². The SMILES string of the molecule is CCCc1cc2c(-c3cc(C(C)(C)C)cc(C(C)(C)C)c3)c(CCC)ccc2[cH-]1.CCCc1cc2c(-c3cc(C(C)(C)C)cc(C(C)(C)C)c3)c(CCC)ccc2[cH-]1.C[Si]C.[Cl][Zr+2][Cl]. The van der Waals surface area contributed by atoms with E-state index in [1.165, 1.54) is 114 Å². The summed E-state index contributed by atoms with van der Waals surface area (Å²) in [7, 11) is 11.0. The number of aryl methyl sites for hydroxylation is 4. The van der Waals surface area contributed by atoms with E-state index < -0.39 is 20.8 Å². The molecular formula is C60H84Cl2SiZr. The number of benzene rings is 4. The molecule has 0 nitrogen and oxygen atoms in total. The molecule has 0 heterocycles. The minimum atomic E-state index is -0.826. The summed E-state index contributed by atoms with van der Waals surface area (Å²) in [6, 6.07) is 33.8. The standard InChI is InChI=1S/2C29H39.C2H6Si.2ClH.Zr/c2*1-9-11-20-15-22-14-13-21(12-10-2)27(26(22)16-20)23-17-24(28(3,4)5)19-25(18-23)29(6,7)8;1-3-2;;;/h2*13-19H,9-12H2,1-8H3;1-2H3;2*1H;/q2*-1;;;;+4/p-2. The van der Waals surface area contributed by atoms with Gasteiger partial charge in [0.15, 0.2) is 0 Å². The molecule has 0 spiro atoms. The molecule has 0 atom stereocenters. The van der Waals surface area contributed by atoms with Crippen molar-refractivity contribution in [2.45, 2.75) is 197 Å². The van der Waals surface area contributed by atoms with Crippen molar-refractivity contribution in [2.75, 3.05) is 0 Å². The third kappa shape index (κ3) is 15.4. The van der Waals surface area contributed by atoms with E-state index in [2.05, 4.69) is 209 Å². The molecule has 0 aliphatic carbocycles. The summed E-state index contributed by atoms with van der Waals surface area (Å²) < 4.78 is 0. The number of hydrogen-bond donors (Lipinski definition) is 0. The Morgan fingerprint density at radius 1 is 0.438 bits per heavy atom. The topological polar surface area (TPSA) is 0 Å². The molecule has 0 aliphatic heterocycles. The van der Waals surface area contributed by atoms with Gasteiger partial charge in [0, 0.05) is 9.52 Å². The van der Waals surface area contributed by atoms with Gasteiger partial charge in [-0.25, -0.2) is 0 Å². The normalized spacial score (nSPS) is 11.9. The van der Waals surface area contributed by atoms with Crippen molar-refractivity contribution in [1.29, 1.82) is 0 Å². The summed E-state index contributed by atoms with van der Waals surface area (Å²) in [6.45, 7) is 41.3. The van der Waals surface area contributed by atoms with Gasteiger partial charge in [-0.05, 0) is 80.7 Å². The molecule has 0 N–H and O–H groups in total. The first-order chi connectivity index (χ1) is 29.9. The maximum atomic E-state index is 4.93. The van der Waals surface area contributed by atoms with Crippen molar-refractivity contribution in [1.82, 2.24) is 0 Å². The predicted molar refractivity (Wildman–Crippen MR) is 290 cm³/mol. The Morgan fingerprint density at radius 3 is 0.938 bits per heavy atom. The van der Waals surface area contributed by atoms with Crippen LogP contribution < -0.4 is 0 Å². The molecule has 2 radical (unpaired) electrons. The molecule has 6 aromatic rings. The summed E-state index contributed by atoms with van der Waals surface area (Å²) in [6.07, 6.45) is 9.31. The molecule has 0 unspecified atom stereocenters. The Morgan fingerprint density at radius 2 is 0.703 bits per heavy atom. The first kappa shape index (κ1) is 56.1. The van der Waals surface area contributed by atoms with Gasteiger partial charge in [0.05, 0.1) is 0 Å². The average Bonchev–Trinajstić information content (AvgIpc) is 3.81. The van der Waals surface area contributed by atoms with E-state index in [9.17, 15) is 0 Å². The van der Waals surface area contributed by atoms with Crippen LogP contribution in [0.2, 0.25) is 13.1 Å². The van der Waals surface area contributed by atoms with Crippen molar-refractivity contribution < 1.29 is 20.8 Å². The van der Waals surface area contributed by atoms with Gasteiger partial charge in [-0.2, -0.15) is 12.1 Å². The number of hydrogen-bond acceptors (Lipinski definition) is 0. The van der Waals surface area contributed by atoms with Gasteiger partial charge in [-0.3, -0.25) is 0 Å². The summed E-state index contributed by atoms with van der Waals surface area (Å²) >= 11 is -0.826. The summed E-state index contributed by atoms with van der Waals surface area (Å²) in [5, 5.41) is 5.65. The zero-order valence-electron chi connectivity index (χ0n) is 43.5. The molecule has 0 saturated carbocycles. The quantitative estimate of drug-likeness (QED) is 0.0948. The molecule has 6 rings (SSSR count). The van der Waals surface area contributed by atoms with Crippen LogP contribution in [0, 0.1) is 0 Å². The minimum absolute atomic E-state index is 0.133. The molecule has 346 valence electrons. The number of fused-ring (bicyclic) bond motifs is 2. The molecule has 4 heteroatoms. The molecule has 0 saturated heterocycles. The Labute approximate surface area is 414 Å². The molecule has 0 fully saturated rings. The first-order valence-electron chi connectivity index (χ1n) is 24.2. The average molecular weight is 996 g/mol. The van der Waals surface area contributed by atoms with E-state index >= 15 is 0 Å². The van der Waals surface area contributed by atoms with E-state index in [0.29, 0.717) is 0 Å². The Bertz CT molecular complexity index is 2130. The van der Waals surface area contributed by atoms with E-state index in [4.69, 9.17) is 17.0 Å². The fraction of sp³-hybridized carbons (Fsp3) is 0.500. The molecule has 0 bridgehead atoms. The molecule has 0 aliphatic rings. The summed E-state index contributed by atoms with van der Waals surface area (Å²) in [4.78, 5) is 0. The second kappa shape index (κ2) is 24.7. The molecule has 6 aromatic carbocycles. The van der Waals surface area contributed by atoms with E-state index in [-0.39, 0.29) is 21.7 Å². The predicted octanol–water partition coefficient (Wildman–Crippen LogP) is 19.6. The van der Waals surface area contributed by atoms with Crippen molar-refractivity contribution in [3.05, 3.63) is 129 Å². The second-order valence-electron chi connectivity index (χ2n) is 22.1. The van der Waals surface area contributed by atoms with Crippen LogP contribution >= 0.6 is 17.0 Å².